The van der Waals surface area contributed by atoms with Gasteiger partial charge in [0.15, 0.2) is 11.6 Å². The molecule has 1 N–H and O–H groups in total. The van der Waals surface area contributed by atoms with E-state index in [0.717, 1.165) is 11.3 Å². The van der Waals surface area contributed by atoms with Crippen LogP contribution >= 0.6 is 0 Å². The van der Waals surface area contributed by atoms with E-state index in [9.17, 15) is 0 Å². The zero-order valence-electron chi connectivity index (χ0n) is 9.96. The zero-order valence-corrected chi connectivity index (χ0v) is 9.96. The van der Waals surface area contributed by atoms with Crippen LogP contribution in [0.25, 0.3) is 22.9 Å². The molecule has 18 heavy (non-hydrogen) atoms. The lowest BCUT2D eigenvalue weighted by atomic mass is 10.1. The van der Waals surface area contributed by atoms with Gasteiger partial charge in [-0.05, 0) is 25.1 Å². The molecule has 0 radical (unpaired) electrons. The highest BCUT2D eigenvalue weighted by Crippen LogP contribution is 2.19. The number of hydrogen-bond acceptors (Lipinski definition) is 3. The van der Waals surface area contributed by atoms with Crippen molar-refractivity contribution in [1.82, 2.24) is 20.2 Å². The minimum absolute atomic E-state index is 0.687. The van der Waals surface area contributed by atoms with Crippen molar-refractivity contribution in [3.05, 3.63) is 54.2 Å². The molecule has 0 saturated carbocycles. The van der Waals surface area contributed by atoms with Crippen LogP contribution in [-0.2, 0) is 0 Å². The molecular weight excluding hydrogens is 224 g/mol. The summed E-state index contributed by atoms with van der Waals surface area (Å²) in [6.45, 7) is 2.05. The summed E-state index contributed by atoms with van der Waals surface area (Å²) in [6, 6.07) is 13.8. The summed E-state index contributed by atoms with van der Waals surface area (Å²) in [6.07, 6.45) is 1.74. The van der Waals surface area contributed by atoms with Crippen LogP contribution in [0.15, 0.2) is 48.7 Å². The third-order valence-electron chi connectivity index (χ3n) is 2.67. The van der Waals surface area contributed by atoms with E-state index in [4.69, 9.17) is 0 Å². The minimum Gasteiger partial charge on any atom is -0.257 e. The topological polar surface area (TPSA) is 54.5 Å². The van der Waals surface area contributed by atoms with Crippen LogP contribution in [0.4, 0.5) is 0 Å². The molecule has 0 spiro atoms. The third kappa shape index (κ3) is 2.00. The van der Waals surface area contributed by atoms with Crippen molar-refractivity contribution in [2.45, 2.75) is 6.92 Å². The lowest BCUT2D eigenvalue weighted by molar-refractivity contribution is 1.09. The maximum Gasteiger partial charge on any atom is 0.181 e. The van der Waals surface area contributed by atoms with Crippen LogP contribution in [0.5, 0.6) is 0 Å². The Balaban J connectivity index is 2.00. The van der Waals surface area contributed by atoms with Gasteiger partial charge in [0.1, 0.15) is 5.69 Å². The fraction of sp³-hybridized carbons (Fsp3) is 0.0714. The summed E-state index contributed by atoms with van der Waals surface area (Å²) in [7, 11) is 0. The number of hydrogen-bond donors (Lipinski definition) is 1. The summed E-state index contributed by atoms with van der Waals surface area (Å²) in [5.74, 6) is 1.38. The van der Waals surface area contributed by atoms with E-state index >= 15 is 0 Å². The van der Waals surface area contributed by atoms with Crippen LogP contribution in [0, 0.1) is 6.92 Å². The van der Waals surface area contributed by atoms with Crippen molar-refractivity contribution >= 4 is 0 Å². The lowest BCUT2D eigenvalue weighted by Crippen LogP contribution is -1.84. The minimum atomic E-state index is 0.687. The predicted molar refractivity (Wildman–Crippen MR) is 69.8 cm³/mol. The molecule has 0 aliphatic heterocycles. The Bertz CT molecular complexity index is 658. The van der Waals surface area contributed by atoms with E-state index in [-0.39, 0.29) is 0 Å². The fourth-order valence-corrected chi connectivity index (χ4v) is 1.79. The first-order valence-electron chi connectivity index (χ1n) is 5.74. The second-order valence-corrected chi connectivity index (χ2v) is 4.09. The van der Waals surface area contributed by atoms with Crippen molar-refractivity contribution in [2.24, 2.45) is 0 Å². The molecular formula is C14H12N4. The largest absolute Gasteiger partial charge is 0.257 e. The number of aryl methyl sites for hydroxylation is 1. The first-order chi connectivity index (χ1) is 8.83. The number of nitrogens with zero attached hydrogens (tertiary/aromatic N) is 3. The molecule has 0 amide bonds. The van der Waals surface area contributed by atoms with Crippen molar-refractivity contribution in [1.29, 1.82) is 0 Å². The molecule has 3 aromatic rings. The molecule has 0 fully saturated rings. The maximum atomic E-state index is 4.46. The second kappa shape index (κ2) is 4.41. The summed E-state index contributed by atoms with van der Waals surface area (Å²) >= 11 is 0. The van der Waals surface area contributed by atoms with E-state index in [1.165, 1.54) is 5.56 Å². The van der Waals surface area contributed by atoms with Crippen LogP contribution in [0.1, 0.15) is 5.56 Å². The summed E-state index contributed by atoms with van der Waals surface area (Å²) in [4.78, 5) is 8.70. The van der Waals surface area contributed by atoms with Crippen LogP contribution in [-0.4, -0.2) is 20.2 Å². The van der Waals surface area contributed by atoms with Gasteiger partial charge in [-0.15, -0.1) is 0 Å². The summed E-state index contributed by atoms with van der Waals surface area (Å²) in [5, 5.41) is 7.14. The van der Waals surface area contributed by atoms with Gasteiger partial charge >= 0.3 is 0 Å². The van der Waals surface area contributed by atoms with Gasteiger partial charge in [0.05, 0.1) is 0 Å². The first-order valence-corrected chi connectivity index (χ1v) is 5.74. The molecule has 3 rings (SSSR count). The van der Waals surface area contributed by atoms with E-state index in [1.807, 2.05) is 30.3 Å². The molecule has 88 valence electrons. The monoisotopic (exact) mass is 236 g/mol. The van der Waals surface area contributed by atoms with Crippen molar-refractivity contribution in [2.75, 3.05) is 0 Å². The van der Waals surface area contributed by atoms with E-state index < -0.39 is 0 Å². The SMILES string of the molecule is Cc1cccc(-c2n[nH]c(-c3ccccn3)n2)c1. The van der Waals surface area contributed by atoms with Crippen LogP contribution in [0.3, 0.4) is 0 Å². The van der Waals surface area contributed by atoms with Crippen molar-refractivity contribution in [3.63, 3.8) is 0 Å². The third-order valence-corrected chi connectivity index (χ3v) is 2.67. The Morgan fingerprint density at radius 3 is 2.78 bits per heavy atom. The Hall–Kier alpha value is -2.49. The fourth-order valence-electron chi connectivity index (χ4n) is 1.79. The molecule has 2 heterocycles. The summed E-state index contributed by atoms with van der Waals surface area (Å²) < 4.78 is 0. The second-order valence-electron chi connectivity index (χ2n) is 4.09. The van der Waals surface area contributed by atoms with Crippen molar-refractivity contribution < 1.29 is 0 Å². The van der Waals surface area contributed by atoms with Gasteiger partial charge in [-0.1, -0.05) is 29.8 Å². The average Bonchev–Trinajstić information content (AvgIpc) is 2.89. The van der Waals surface area contributed by atoms with Gasteiger partial charge in [-0.25, -0.2) is 4.98 Å². The van der Waals surface area contributed by atoms with Gasteiger partial charge in [0, 0.05) is 11.8 Å². The van der Waals surface area contributed by atoms with E-state index in [1.54, 1.807) is 6.20 Å². The first kappa shape index (κ1) is 10.7. The van der Waals surface area contributed by atoms with Gasteiger partial charge < -0.3 is 0 Å². The van der Waals surface area contributed by atoms with Gasteiger partial charge in [-0.3, -0.25) is 10.1 Å². The molecule has 4 nitrogen and oxygen atoms in total. The quantitative estimate of drug-likeness (QED) is 0.744. The van der Waals surface area contributed by atoms with Crippen molar-refractivity contribution in [3.8, 4) is 22.9 Å². The number of nitrogens with one attached hydrogen (secondary N) is 1. The van der Waals surface area contributed by atoms with Gasteiger partial charge in [-0.2, -0.15) is 5.10 Å². The molecule has 2 aromatic heterocycles. The van der Waals surface area contributed by atoms with Crippen LogP contribution in [0.2, 0.25) is 0 Å². The smallest absolute Gasteiger partial charge is 0.181 e. The molecule has 0 aliphatic carbocycles. The molecule has 0 atom stereocenters. The highest BCUT2D eigenvalue weighted by Gasteiger charge is 2.07. The summed E-state index contributed by atoms with van der Waals surface area (Å²) in [5.41, 5.74) is 2.99. The number of aromatic nitrogens is 4. The Labute approximate surface area is 105 Å². The Morgan fingerprint density at radius 1 is 1.06 bits per heavy atom. The van der Waals surface area contributed by atoms with Gasteiger partial charge in [0.2, 0.25) is 0 Å². The Kier molecular flexibility index (Phi) is 2.61. The molecule has 0 bridgehead atoms. The number of pyridine rings is 1. The molecule has 4 heteroatoms. The van der Waals surface area contributed by atoms with Crippen LogP contribution < -0.4 is 0 Å². The average molecular weight is 236 g/mol. The number of aromatic amines is 1. The number of benzene rings is 1. The molecule has 0 aliphatic rings. The highest BCUT2D eigenvalue weighted by atomic mass is 15.2. The standard InChI is InChI=1S/C14H12N4/c1-10-5-4-6-11(9-10)13-16-14(18-17-13)12-7-2-3-8-15-12/h2-9H,1H3,(H,16,17,18). The molecule has 0 unspecified atom stereocenters. The highest BCUT2D eigenvalue weighted by molar-refractivity contribution is 5.59. The van der Waals surface area contributed by atoms with Gasteiger partial charge in [0.25, 0.3) is 0 Å². The maximum absolute atomic E-state index is 4.46. The zero-order chi connectivity index (χ0) is 12.4. The van der Waals surface area contributed by atoms with E-state index in [2.05, 4.69) is 39.2 Å². The normalized spacial score (nSPS) is 10.5. The number of rotatable bonds is 2. The molecule has 0 saturated heterocycles. The predicted octanol–water partition coefficient (Wildman–Crippen LogP) is 2.84. The Morgan fingerprint density at radius 2 is 2.00 bits per heavy atom. The molecule has 1 aromatic carbocycles. The lowest BCUT2D eigenvalue weighted by Gasteiger charge is -1.96. The number of H-pyrrole nitrogens is 1. The van der Waals surface area contributed by atoms with E-state index in [0.29, 0.717) is 11.6 Å².